The molecule has 1 N–H and O–H groups in total. The van der Waals surface area contributed by atoms with E-state index in [9.17, 15) is 4.79 Å². The summed E-state index contributed by atoms with van der Waals surface area (Å²) >= 11 is 0. The summed E-state index contributed by atoms with van der Waals surface area (Å²) in [6.07, 6.45) is 0.593. The Labute approximate surface area is 187 Å². The normalized spacial score (nSPS) is 18.1. The maximum Gasteiger partial charge on any atom is 0.409 e. The molecule has 1 unspecified atom stereocenters. The minimum absolute atomic E-state index is 0.0926. The van der Waals surface area contributed by atoms with Crippen LogP contribution in [0.15, 0.2) is 48.5 Å². The third-order valence-electron chi connectivity index (χ3n) is 5.93. The Morgan fingerprint density at radius 3 is 2.56 bits per heavy atom. The maximum atomic E-state index is 12.1. The van der Waals surface area contributed by atoms with Gasteiger partial charge in [-0.15, -0.1) is 0 Å². The summed E-state index contributed by atoms with van der Waals surface area (Å²) in [6, 6.07) is 16.1. The molecule has 3 heterocycles. The van der Waals surface area contributed by atoms with E-state index in [1.54, 1.807) is 4.90 Å². The third-order valence-corrected chi connectivity index (χ3v) is 5.93. The molecule has 166 valence electrons. The van der Waals surface area contributed by atoms with Gasteiger partial charge in [0.25, 0.3) is 0 Å². The fraction of sp³-hybridized carbons (Fsp3) is 0.375. The number of fused-ring (bicyclic) bond motifs is 2. The number of aromatic nitrogens is 2. The molecule has 2 aliphatic rings. The predicted molar refractivity (Wildman–Crippen MR) is 123 cm³/mol. The van der Waals surface area contributed by atoms with Crippen LogP contribution in [0.2, 0.25) is 0 Å². The first-order valence-electron chi connectivity index (χ1n) is 11.1. The number of rotatable bonds is 4. The number of benzene rings is 2. The average molecular weight is 434 g/mol. The highest BCUT2D eigenvalue weighted by Crippen LogP contribution is 2.36. The SMILES string of the molecule is CCOC(=O)N1CCN(c2nc3ccccc3nc2NC2CCOc3ccccc32)CC1. The van der Waals surface area contributed by atoms with Crippen LogP contribution in [0.25, 0.3) is 11.0 Å². The van der Waals surface area contributed by atoms with Crippen molar-refractivity contribution in [1.82, 2.24) is 14.9 Å². The fourth-order valence-electron chi connectivity index (χ4n) is 4.28. The van der Waals surface area contributed by atoms with E-state index in [0.29, 0.717) is 39.4 Å². The van der Waals surface area contributed by atoms with Crippen LogP contribution < -0.4 is 15.0 Å². The van der Waals surface area contributed by atoms with Crippen LogP contribution in [0.4, 0.5) is 16.4 Å². The number of ether oxygens (including phenoxy) is 2. The summed E-state index contributed by atoms with van der Waals surface area (Å²) < 4.78 is 11.0. The van der Waals surface area contributed by atoms with E-state index in [0.717, 1.165) is 40.4 Å². The zero-order valence-corrected chi connectivity index (χ0v) is 18.2. The number of amides is 1. The smallest absolute Gasteiger partial charge is 0.409 e. The molecule has 1 aromatic heterocycles. The minimum Gasteiger partial charge on any atom is -0.493 e. The third kappa shape index (κ3) is 4.00. The van der Waals surface area contributed by atoms with Crippen LogP contribution in [0.5, 0.6) is 5.75 Å². The van der Waals surface area contributed by atoms with Gasteiger partial charge in [-0.2, -0.15) is 0 Å². The maximum absolute atomic E-state index is 12.1. The topological polar surface area (TPSA) is 79.8 Å². The van der Waals surface area contributed by atoms with Gasteiger partial charge in [-0.1, -0.05) is 30.3 Å². The number of hydrogen-bond donors (Lipinski definition) is 1. The summed E-state index contributed by atoms with van der Waals surface area (Å²) in [7, 11) is 0. The van der Waals surface area contributed by atoms with Crippen molar-refractivity contribution in [2.75, 3.05) is 49.6 Å². The van der Waals surface area contributed by atoms with Crippen molar-refractivity contribution < 1.29 is 14.3 Å². The Hall–Kier alpha value is -3.55. The lowest BCUT2D eigenvalue weighted by Gasteiger charge is -2.36. The molecule has 2 aromatic carbocycles. The number of carbonyl (C=O) groups excluding carboxylic acids is 1. The van der Waals surface area contributed by atoms with Gasteiger partial charge >= 0.3 is 6.09 Å². The van der Waals surface area contributed by atoms with Gasteiger partial charge in [0.05, 0.1) is 30.3 Å². The van der Waals surface area contributed by atoms with Crippen molar-refractivity contribution in [2.45, 2.75) is 19.4 Å². The standard InChI is InChI=1S/C24H27N5O3/c1-2-31-24(30)29-14-12-28(13-15-29)23-22(26-19-8-4-5-9-20(19)27-23)25-18-11-16-32-21-10-6-3-7-17(18)21/h3-10,18H,2,11-16H2,1H3,(H,25,26). The Morgan fingerprint density at radius 2 is 1.78 bits per heavy atom. The van der Waals surface area contributed by atoms with E-state index >= 15 is 0 Å². The summed E-state index contributed by atoms with van der Waals surface area (Å²) in [5, 5.41) is 3.65. The first-order chi connectivity index (χ1) is 15.7. The number of para-hydroxylation sites is 3. The molecule has 0 bridgehead atoms. The first-order valence-corrected chi connectivity index (χ1v) is 11.1. The van der Waals surface area contributed by atoms with Crippen LogP contribution in [-0.2, 0) is 4.74 Å². The van der Waals surface area contributed by atoms with Crippen molar-refractivity contribution in [2.24, 2.45) is 0 Å². The van der Waals surface area contributed by atoms with Crippen LogP contribution in [0, 0.1) is 0 Å². The van der Waals surface area contributed by atoms with Gasteiger partial charge in [0.15, 0.2) is 11.6 Å². The Balaban J connectivity index is 1.44. The molecule has 0 spiro atoms. The summed E-state index contributed by atoms with van der Waals surface area (Å²) in [5.41, 5.74) is 2.84. The van der Waals surface area contributed by atoms with Crippen molar-refractivity contribution in [3.8, 4) is 5.75 Å². The molecule has 1 atom stereocenters. The Morgan fingerprint density at radius 1 is 1.06 bits per heavy atom. The van der Waals surface area contributed by atoms with Crippen LogP contribution >= 0.6 is 0 Å². The predicted octanol–water partition coefficient (Wildman–Crippen LogP) is 3.84. The van der Waals surface area contributed by atoms with Gasteiger partial charge in [-0.05, 0) is 25.1 Å². The molecule has 0 saturated carbocycles. The largest absolute Gasteiger partial charge is 0.493 e. The molecule has 0 radical (unpaired) electrons. The number of anilines is 2. The van der Waals surface area contributed by atoms with Crippen molar-refractivity contribution >= 4 is 28.8 Å². The number of nitrogens with zero attached hydrogens (tertiary/aromatic N) is 4. The van der Waals surface area contributed by atoms with Crippen molar-refractivity contribution in [1.29, 1.82) is 0 Å². The highest BCUT2D eigenvalue weighted by atomic mass is 16.6. The van der Waals surface area contributed by atoms with Crippen LogP contribution in [0.1, 0.15) is 24.9 Å². The number of nitrogens with one attached hydrogen (secondary N) is 1. The average Bonchev–Trinajstić information content (AvgIpc) is 2.84. The van der Waals surface area contributed by atoms with Gasteiger partial charge in [-0.25, -0.2) is 14.8 Å². The Kier molecular flexibility index (Phi) is 5.66. The lowest BCUT2D eigenvalue weighted by molar-refractivity contribution is 0.105. The van der Waals surface area contributed by atoms with E-state index < -0.39 is 0 Å². The van der Waals surface area contributed by atoms with Gasteiger partial charge < -0.3 is 24.6 Å². The minimum atomic E-state index is -0.256. The van der Waals surface area contributed by atoms with E-state index in [2.05, 4.69) is 16.3 Å². The Bertz CT molecular complexity index is 1110. The summed E-state index contributed by atoms with van der Waals surface area (Å²) in [6.45, 7) is 5.39. The fourth-order valence-corrected chi connectivity index (χ4v) is 4.28. The molecule has 3 aromatic rings. The zero-order chi connectivity index (χ0) is 21.9. The van der Waals surface area contributed by atoms with Crippen molar-refractivity contribution in [3.05, 3.63) is 54.1 Å². The van der Waals surface area contributed by atoms with Crippen molar-refractivity contribution in [3.63, 3.8) is 0 Å². The molecule has 0 aliphatic carbocycles. The first kappa shape index (κ1) is 20.4. The molecule has 32 heavy (non-hydrogen) atoms. The highest BCUT2D eigenvalue weighted by molar-refractivity contribution is 5.81. The zero-order valence-electron chi connectivity index (χ0n) is 18.2. The van der Waals surface area contributed by atoms with Gasteiger partial charge in [0, 0.05) is 38.2 Å². The molecule has 2 aliphatic heterocycles. The summed E-state index contributed by atoms with van der Waals surface area (Å²) in [4.78, 5) is 25.9. The van der Waals surface area contributed by atoms with E-state index in [1.807, 2.05) is 49.4 Å². The lowest BCUT2D eigenvalue weighted by Crippen LogP contribution is -2.49. The van der Waals surface area contributed by atoms with Gasteiger partial charge in [0.2, 0.25) is 0 Å². The number of hydrogen-bond acceptors (Lipinski definition) is 7. The summed E-state index contributed by atoms with van der Waals surface area (Å²) in [5.74, 6) is 2.49. The second kappa shape index (κ2) is 8.90. The van der Waals surface area contributed by atoms with E-state index in [4.69, 9.17) is 19.4 Å². The second-order valence-corrected chi connectivity index (χ2v) is 7.93. The molecular formula is C24H27N5O3. The molecule has 5 rings (SSSR count). The number of carbonyl (C=O) groups is 1. The molecule has 1 saturated heterocycles. The van der Waals surface area contributed by atoms with Crippen LogP contribution in [0.3, 0.4) is 0 Å². The van der Waals surface area contributed by atoms with Gasteiger partial charge in [0.1, 0.15) is 5.75 Å². The van der Waals surface area contributed by atoms with E-state index in [1.165, 1.54) is 0 Å². The monoisotopic (exact) mass is 433 g/mol. The second-order valence-electron chi connectivity index (χ2n) is 7.93. The number of piperazine rings is 1. The molecule has 8 heteroatoms. The molecule has 1 fully saturated rings. The van der Waals surface area contributed by atoms with Gasteiger partial charge in [-0.3, -0.25) is 0 Å². The van der Waals surface area contributed by atoms with E-state index in [-0.39, 0.29) is 12.1 Å². The lowest BCUT2D eigenvalue weighted by atomic mass is 10.0. The van der Waals surface area contributed by atoms with Crippen LogP contribution in [-0.4, -0.2) is 60.4 Å². The quantitative estimate of drug-likeness (QED) is 0.670. The molecule has 8 nitrogen and oxygen atoms in total. The molecular weight excluding hydrogens is 406 g/mol. The molecule has 1 amide bonds. The highest BCUT2D eigenvalue weighted by Gasteiger charge is 2.27.